The maximum absolute atomic E-state index is 12.6. The number of para-hydroxylation sites is 1. The molecule has 1 aromatic heterocycles. The van der Waals surface area contributed by atoms with Crippen LogP contribution >= 0.6 is 0 Å². The van der Waals surface area contributed by atoms with Crippen LogP contribution in [0.25, 0.3) is 22.8 Å². The summed E-state index contributed by atoms with van der Waals surface area (Å²) in [5.74, 6) is 1.29. The Morgan fingerprint density at radius 3 is 2.55 bits per heavy atom. The summed E-state index contributed by atoms with van der Waals surface area (Å²) in [5, 5.41) is 7.00. The lowest BCUT2D eigenvalue weighted by molar-refractivity contribution is 0.102. The zero-order valence-electron chi connectivity index (χ0n) is 16.0. The number of nitrogens with one attached hydrogen (secondary N) is 1. The van der Waals surface area contributed by atoms with Crippen LogP contribution in [0.4, 0.5) is 5.69 Å². The van der Waals surface area contributed by atoms with Crippen LogP contribution in [-0.4, -0.2) is 23.2 Å². The van der Waals surface area contributed by atoms with Crippen LogP contribution < -0.4 is 10.1 Å². The Morgan fingerprint density at radius 2 is 1.79 bits per heavy atom. The summed E-state index contributed by atoms with van der Waals surface area (Å²) in [6, 6.07) is 22.1. The zero-order valence-corrected chi connectivity index (χ0v) is 16.0. The minimum absolute atomic E-state index is 0.237. The number of amides is 1. The highest BCUT2D eigenvalue weighted by Gasteiger charge is 2.16. The second-order valence-corrected chi connectivity index (χ2v) is 6.52. The molecule has 144 valence electrons. The van der Waals surface area contributed by atoms with Gasteiger partial charge in [-0.3, -0.25) is 4.79 Å². The van der Waals surface area contributed by atoms with Gasteiger partial charge >= 0.3 is 0 Å². The van der Waals surface area contributed by atoms with Crippen LogP contribution in [0.2, 0.25) is 0 Å². The summed E-state index contributed by atoms with van der Waals surface area (Å²) in [7, 11) is 1.58. The van der Waals surface area contributed by atoms with Gasteiger partial charge < -0.3 is 14.6 Å². The number of carbonyl (C=O) groups excluding carboxylic acids is 1. The van der Waals surface area contributed by atoms with E-state index in [1.807, 2.05) is 49.4 Å². The van der Waals surface area contributed by atoms with E-state index >= 15 is 0 Å². The summed E-state index contributed by atoms with van der Waals surface area (Å²) < 4.78 is 10.6. The van der Waals surface area contributed by atoms with Crippen molar-refractivity contribution < 1.29 is 14.1 Å². The summed E-state index contributed by atoms with van der Waals surface area (Å²) in [6.07, 6.45) is 0. The molecule has 0 unspecified atom stereocenters. The Bertz CT molecular complexity index is 1150. The Balaban J connectivity index is 1.61. The Hall–Kier alpha value is -3.93. The fourth-order valence-corrected chi connectivity index (χ4v) is 2.95. The summed E-state index contributed by atoms with van der Waals surface area (Å²) in [5.41, 5.74) is 3.75. The molecule has 4 aromatic rings. The first-order valence-electron chi connectivity index (χ1n) is 9.09. The average molecular weight is 385 g/mol. The predicted octanol–water partition coefficient (Wildman–Crippen LogP) is 4.97. The number of aryl methyl sites for hydroxylation is 1. The minimum atomic E-state index is -0.237. The molecule has 0 saturated carbocycles. The van der Waals surface area contributed by atoms with Crippen molar-refractivity contribution in [2.45, 2.75) is 6.92 Å². The molecule has 29 heavy (non-hydrogen) atoms. The van der Waals surface area contributed by atoms with Crippen molar-refractivity contribution in [3.05, 3.63) is 83.9 Å². The molecule has 3 aromatic carbocycles. The zero-order chi connectivity index (χ0) is 20.2. The maximum atomic E-state index is 12.6. The Kier molecular flexibility index (Phi) is 5.07. The van der Waals surface area contributed by atoms with E-state index in [1.54, 1.807) is 37.4 Å². The van der Waals surface area contributed by atoms with E-state index in [0.717, 1.165) is 11.1 Å². The summed E-state index contributed by atoms with van der Waals surface area (Å²) in [6.45, 7) is 2.01. The molecule has 0 spiro atoms. The van der Waals surface area contributed by atoms with Gasteiger partial charge in [0.1, 0.15) is 5.75 Å². The fourth-order valence-electron chi connectivity index (χ4n) is 2.95. The quantitative estimate of drug-likeness (QED) is 0.525. The first-order chi connectivity index (χ1) is 14.1. The van der Waals surface area contributed by atoms with E-state index in [2.05, 4.69) is 15.5 Å². The first kappa shape index (κ1) is 18.4. The van der Waals surface area contributed by atoms with Gasteiger partial charge in [-0.1, -0.05) is 41.1 Å². The summed E-state index contributed by atoms with van der Waals surface area (Å²) >= 11 is 0. The molecule has 0 aliphatic carbocycles. The van der Waals surface area contributed by atoms with Crippen molar-refractivity contribution in [2.24, 2.45) is 0 Å². The third kappa shape index (κ3) is 4.01. The number of rotatable bonds is 5. The molecule has 0 aliphatic heterocycles. The lowest BCUT2D eigenvalue weighted by Gasteiger charge is -2.09. The smallest absolute Gasteiger partial charge is 0.260 e. The first-order valence-corrected chi connectivity index (χ1v) is 9.09. The molecule has 0 saturated heterocycles. The predicted molar refractivity (Wildman–Crippen MR) is 111 cm³/mol. The van der Waals surface area contributed by atoms with E-state index in [4.69, 9.17) is 9.26 Å². The molecule has 6 nitrogen and oxygen atoms in total. The molecule has 1 N–H and O–H groups in total. The normalized spacial score (nSPS) is 10.6. The van der Waals surface area contributed by atoms with Gasteiger partial charge in [0.05, 0.1) is 18.4 Å². The lowest BCUT2D eigenvalue weighted by Crippen LogP contribution is -2.12. The van der Waals surface area contributed by atoms with Crippen LogP contribution in [-0.2, 0) is 0 Å². The monoisotopic (exact) mass is 385 g/mol. The number of ether oxygens (including phenoxy) is 1. The van der Waals surface area contributed by atoms with Crippen LogP contribution in [0.1, 0.15) is 15.9 Å². The number of hydrogen-bond acceptors (Lipinski definition) is 5. The van der Waals surface area contributed by atoms with Gasteiger partial charge in [0.15, 0.2) is 0 Å². The molecule has 0 bridgehead atoms. The number of methoxy groups -OCH3 is 1. The molecule has 0 atom stereocenters. The van der Waals surface area contributed by atoms with Gasteiger partial charge in [0.25, 0.3) is 11.8 Å². The lowest BCUT2D eigenvalue weighted by atomic mass is 10.1. The van der Waals surface area contributed by atoms with E-state index in [0.29, 0.717) is 34.3 Å². The van der Waals surface area contributed by atoms with Crippen LogP contribution in [0.5, 0.6) is 5.75 Å². The minimum Gasteiger partial charge on any atom is -0.497 e. The van der Waals surface area contributed by atoms with Gasteiger partial charge in [-0.25, -0.2) is 0 Å². The highest BCUT2D eigenvalue weighted by Crippen LogP contribution is 2.29. The number of hydrogen-bond donors (Lipinski definition) is 1. The second kappa shape index (κ2) is 7.98. The van der Waals surface area contributed by atoms with Crippen molar-refractivity contribution in [3.8, 4) is 28.6 Å². The third-order valence-electron chi connectivity index (χ3n) is 4.46. The molecule has 4 rings (SSSR count). The van der Waals surface area contributed by atoms with E-state index in [-0.39, 0.29) is 5.91 Å². The van der Waals surface area contributed by atoms with E-state index in [9.17, 15) is 4.79 Å². The third-order valence-corrected chi connectivity index (χ3v) is 4.46. The SMILES string of the molecule is COc1ccc(C(=O)Nc2ccccc2-c2nc(-c3cccc(C)c3)no2)cc1. The summed E-state index contributed by atoms with van der Waals surface area (Å²) in [4.78, 5) is 17.2. The molecule has 6 heteroatoms. The second-order valence-electron chi connectivity index (χ2n) is 6.52. The number of nitrogens with zero attached hydrogens (tertiary/aromatic N) is 2. The highest BCUT2D eigenvalue weighted by molar-refractivity contribution is 6.06. The molecular formula is C23H19N3O3. The standard InChI is InChI=1S/C23H19N3O3/c1-15-6-5-7-17(14-15)21-25-23(29-26-21)19-8-3-4-9-20(19)24-22(27)16-10-12-18(28-2)13-11-16/h3-14H,1-2H3,(H,24,27). The largest absolute Gasteiger partial charge is 0.497 e. The van der Waals surface area contributed by atoms with Crippen LogP contribution in [0, 0.1) is 6.92 Å². The van der Waals surface area contributed by atoms with Gasteiger partial charge in [0.2, 0.25) is 5.82 Å². The Labute approximate surface area is 168 Å². The van der Waals surface area contributed by atoms with Crippen LogP contribution in [0.15, 0.2) is 77.3 Å². The number of aromatic nitrogens is 2. The van der Waals surface area contributed by atoms with Gasteiger partial charge in [0, 0.05) is 11.1 Å². The van der Waals surface area contributed by atoms with Crippen molar-refractivity contribution in [1.29, 1.82) is 0 Å². The average Bonchev–Trinajstić information content (AvgIpc) is 3.24. The van der Waals surface area contributed by atoms with E-state index in [1.165, 1.54) is 0 Å². The molecular weight excluding hydrogens is 366 g/mol. The fraction of sp³-hybridized carbons (Fsp3) is 0.0870. The molecule has 0 aliphatic rings. The maximum Gasteiger partial charge on any atom is 0.260 e. The highest BCUT2D eigenvalue weighted by atomic mass is 16.5. The number of carbonyl (C=O) groups is 1. The van der Waals surface area contributed by atoms with Gasteiger partial charge in [-0.2, -0.15) is 4.98 Å². The molecule has 0 radical (unpaired) electrons. The van der Waals surface area contributed by atoms with Crippen molar-refractivity contribution in [1.82, 2.24) is 10.1 Å². The van der Waals surface area contributed by atoms with Crippen molar-refractivity contribution in [2.75, 3.05) is 12.4 Å². The van der Waals surface area contributed by atoms with Gasteiger partial charge in [-0.05, 0) is 49.4 Å². The number of benzene rings is 3. The number of anilines is 1. The Morgan fingerprint density at radius 1 is 1.00 bits per heavy atom. The molecule has 1 amide bonds. The van der Waals surface area contributed by atoms with Crippen molar-refractivity contribution in [3.63, 3.8) is 0 Å². The topological polar surface area (TPSA) is 77.2 Å². The van der Waals surface area contributed by atoms with E-state index < -0.39 is 0 Å². The molecule has 1 heterocycles. The van der Waals surface area contributed by atoms with Crippen molar-refractivity contribution >= 4 is 11.6 Å². The van der Waals surface area contributed by atoms with Crippen LogP contribution in [0.3, 0.4) is 0 Å². The van der Waals surface area contributed by atoms with Gasteiger partial charge in [-0.15, -0.1) is 0 Å². The molecule has 0 fully saturated rings.